The maximum Gasteiger partial charge on any atom is 0.228 e. The molecule has 1 atom stereocenters. The lowest BCUT2D eigenvalue weighted by Gasteiger charge is -2.18. The summed E-state index contributed by atoms with van der Waals surface area (Å²) in [4.78, 5) is 34.0. The first kappa shape index (κ1) is 23.5. The standard InChI is InChI=1S/C29H33N3O3/c1-29(2,3)28-31-24(17-35-28)25(33)15-22-7-5-4-6-21-14-19(10-11-23(21)22)20-12-13-30-26(16-20)32-27(34)18-8-9-18/h10-14,16-18,22H,4-9,15H2,1-3H3,(H,30,32,34)/t22-/m0/s1. The van der Waals surface area contributed by atoms with Crippen LogP contribution in [0.5, 0.6) is 0 Å². The molecule has 2 aliphatic carbocycles. The number of anilines is 1. The predicted octanol–water partition coefficient (Wildman–Crippen LogP) is 6.47. The summed E-state index contributed by atoms with van der Waals surface area (Å²) in [5, 5.41) is 2.94. The van der Waals surface area contributed by atoms with E-state index < -0.39 is 0 Å². The molecule has 1 N–H and O–H groups in total. The van der Waals surface area contributed by atoms with Crippen molar-refractivity contribution in [2.75, 3.05) is 5.32 Å². The Morgan fingerprint density at radius 1 is 1.06 bits per heavy atom. The third kappa shape index (κ3) is 5.37. The minimum Gasteiger partial charge on any atom is -0.448 e. The number of carbonyl (C=O) groups is 2. The van der Waals surface area contributed by atoms with Crippen molar-refractivity contribution in [1.29, 1.82) is 0 Å². The van der Waals surface area contributed by atoms with Crippen molar-refractivity contribution < 1.29 is 14.0 Å². The van der Waals surface area contributed by atoms with Crippen LogP contribution >= 0.6 is 0 Å². The monoisotopic (exact) mass is 471 g/mol. The lowest BCUT2D eigenvalue weighted by atomic mass is 9.86. The summed E-state index contributed by atoms with van der Waals surface area (Å²) in [6.45, 7) is 6.08. The summed E-state index contributed by atoms with van der Waals surface area (Å²) in [7, 11) is 0. The number of oxazole rings is 1. The van der Waals surface area contributed by atoms with Gasteiger partial charge in [-0.1, -0.05) is 45.4 Å². The van der Waals surface area contributed by atoms with Gasteiger partial charge in [0.1, 0.15) is 17.8 Å². The molecule has 1 aromatic carbocycles. The van der Waals surface area contributed by atoms with E-state index in [1.165, 1.54) is 17.4 Å². The Hall–Kier alpha value is -3.28. The third-order valence-corrected chi connectivity index (χ3v) is 6.99. The minimum atomic E-state index is -0.225. The summed E-state index contributed by atoms with van der Waals surface area (Å²) in [5.74, 6) is 1.61. The number of hydrogen-bond donors (Lipinski definition) is 1. The molecule has 0 aliphatic heterocycles. The van der Waals surface area contributed by atoms with Crippen LogP contribution in [0.2, 0.25) is 0 Å². The van der Waals surface area contributed by atoms with E-state index in [0.29, 0.717) is 23.8 Å². The van der Waals surface area contributed by atoms with Gasteiger partial charge in [-0.05, 0) is 72.4 Å². The van der Waals surface area contributed by atoms with Gasteiger partial charge >= 0.3 is 0 Å². The maximum absolute atomic E-state index is 13.1. The second-order valence-corrected chi connectivity index (χ2v) is 11.0. The Bertz CT molecular complexity index is 1250. The van der Waals surface area contributed by atoms with Crippen molar-refractivity contribution in [2.24, 2.45) is 5.92 Å². The highest BCUT2D eigenvalue weighted by molar-refractivity contribution is 5.95. The number of amides is 1. The summed E-state index contributed by atoms with van der Waals surface area (Å²) < 4.78 is 5.59. The average Bonchev–Trinajstić information content (AvgIpc) is 3.59. The van der Waals surface area contributed by atoms with Gasteiger partial charge < -0.3 is 9.73 Å². The summed E-state index contributed by atoms with van der Waals surface area (Å²) in [6, 6.07) is 10.5. The van der Waals surface area contributed by atoms with Gasteiger partial charge in [-0.15, -0.1) is 0 Å². The van der Waals surface area contributed by atoms with Crippen LogP contribution in [0.4, 0.5) is 5.82 Å². The number of rotatable bonds is 6. The number of pyridine rings is 1. The molecule has 2 aromatic heterocycles. The van der Waals surface area contributed by atoms with E-state index in [2.05, 4.69) is 33.5 Å². The second-order valence-electron chi connectivity index (χ2n) is 11.0. The third-order valence-electron chi connectivity index (χ3n) is 6.99. The topological polar surface area (TPSA) is 85.1 Å². The second kappa shape index (κ2) is 9.40. The quantitative estimate of drug-likeness (QED) is 0.329. The molecule has 2 aliphatic rings. The van der Waals surface area contributed by atoms with Crippen molar-refractivity contribution >= 4 is 17.5 Å². The largest absolute Gasteiger partial charge is 0.448 e. The average molecular weight is 472 g/mol. The first-order valence-electron chi connectivity index (χ1n) is 12.7. The highest BCUT2D eigenvalue weighted by atomic mass is 16.3. The normalized spacial score (nSPS) is 18.0. The van der Waals surface area contributed by atoms with Crippen molar-refractivity contribution in [3.05, 3.63) is 65.5 Å². The molecule has 2 heterocycles. The minimum absolute atomic E-state index is 0.0383. The SMILES string of the molecule is CC(C)(C)c1nc(C(=O)C[C@@H]2CCCCc3cc(-c4ccnc(NC(=O)C5CC5)c4)ccc32)co1. The smallest absolute Gasteiger partial charge is 0.228 e. The van der Waals surface area contributed by atoms with Gasteiger partial charge in [-0.25, -0.2) is 9.97 Å². The van der Waals surface area contributed by atoms with Crippen LogP contribution in [-0.4, -0.2) is 21.7 Å². The van der Waals surface area contributed by atoms with Crippen LogP contribution in [-0.2, 0) is 16.6 Å². The molecule has 1 fully saturated rings. The number of nitrogens with one attached hydrogen (secondary N) is 1. The number of carbonyl (C=O) groups excluding carboxylic acids is 2. The van der Waals surface area contributed by atoms with Gasteiger partial charge in [0, 0.05) is 24.0 Å². The summed E-state index contributed by atoms with van der Waals surface area (Å²) >= 11 is 0. The number of ketones is 1. The van der Waals surface area contributed by atoms with Crippen LogP contribution in [0.25, 0.3) is 11.1 Å². The number of nitrogens with zero attached hydrogens (tertiary/aromatic N) is 2. The zero-order valence-corrected chi connectivity index (χ0v) is 20.8. The van der Waals surface area contributed by atoms with Gasteiger partial charge in [-0.3, -0.25) is 9.59 Å². The van der Waals surface area contributed by atoms with Crippen LogP contribution in [0.15, 0.2) is 47.2 Å². The molecule has 0 saturated heterocycles. The van der Waals surface area contributed by atoms with E-state index in [1.807, 2.05) is 32.9 Å². The van der Waals surface area contributed by atoms with Crippen molar-refractivity contribution in [3.63, 3.8) is 0 Å². The predicted molar refractivity (Wildman–Crippen MR) is 135 cm³/mol. The highest BCUT2D eigenvalue weighted by Crippen LogP contribution is 2.37. The van der Waals surface area contributed by atoms with Crippen LogP contribution in [0.1, 0.15) is 92.7 Å². The van der Waals surface area contributed by atoms with Gasteiger partial charge in [0.25, 0.3) is 0 Å². The Morgan fingerprint density at radius 2 is 1.86 bits per heavy atom. The molecule has 1 saturated carbocycles. The molecular weight excluding hydrogens is 438 g/mol. The molecule has 0 radical (unpaired) electrons. The molecule has 0 unspecified atom stereocenters. The zero-order chi connectivity index (χ0) is 24.6. The van der Waals surface area contributed by atoms with Crippen LogP contribution in [0, 0.1) is 5.92 Å². The van der Waals surface area contributed by atoms with E-state index >= 15 is 0 Å². The Balaban J connectivity index is 1.35. The first-order valence-corrected chi connectivity index (χ1v) is 12.7. The number of aromatic nitrogens is 2. The Morgan fingerprint density at radius 3 is 2.60 bits per heavy atom. The van der Waals surface area contributed by atoms with Gasteiger partial charge in [0.15, 0.2) is 11.7 Å². The molecule has 0 spiro atoms. The lowest BCUT2D eigenvalue weighted by Crippen LogP contribution is -2.14. The van der Waals surface area contributed by atoms with E-state index in [4.69, 9.17) is 4.42 Å². The van der Waals surface area contributed by atoms with Gasteiger partial charge in [0.2, 0.25) is 5.91 Å². The molecule has 5 rings (SSSR count). The molecule has 6 nitrogen and oxygen atoms in total. The number of benzene rings is 1. The number of fused-ring (bicyclic) bond motifs is 1. The van der Waals surface area contributed by atoms with E-state index in [0.717, 1.165) is 49.7 Å². The van der Waals surface area contributed by atoms with E-state index in [9.17, 15) is 9.59 Å². The van der Waals surface area contributed by atoms with Crippen molar-refractivity contribution in [1.82, 2.24) is 9.97 Å². The fourth-order valence-corrected chi connectivity index (χ4v) is 4.80. The van der Waals surface area contributed by atoms with E-state index in [1.54, 1.807) is 6.20 Å². The van der Waals surface area contributed by atoms with E-state index in [-0.39, 0.29) is 28.9 Å². The molecule has 3 aromatic rings. The molecular formula is C29H33N3O3. The lowest BCUT2D eigenvalue weighted by molar-refractivity contribution is -0.117. The van der Waals surface area contributed by atoms with Crippen LogP contribution in [0.3, 0.4) is 0 Å². The summed E-state index contributed by atoms with van der Waals surface area (Å²) in [5.41, 5.74) is 4.89. The molecule has 182 valence electrons. The fourth-order valence-electron chi connectivity index (χ4n) is 4.80. The fraction of sp³-hybridized carbons (Fsp3) is 0.448. The maximum atomic E-state index is 13.1. The zero-order valence-electron chi connectivity index (χ0n) is 20.8. The van der Waals surface area contributed by atoms with Crippen molar-refractivity contribution in [2.45, 2.75) is 77.0 Å². The molecule has 35 heavy (non-hydrogen) atoms. The van der Waals surface area contributed by atoms with Gasteiger partial charge in [-0.2, -0.15) is 0 Å². The Labute approximate surface area is 206 Å². The molecule has 1 amide bonds. The highest BCUT2D eigenvalue weighted by Gasteiger charge is 2.30. The number of hydrogen-bond acceptors (Lipinski definition) is 5. The summed E-state index contributed by atoms with van der Waals surface area (Å²) in [6.07, 6.45) is 9.83. The number of Topliss-reactive ketones (excluding diaryl/α,β-unsaturated/α-hetero) is 1. The first-order chi connectivity index (χ1) is 16.8. The molecule has 6 heteroatoms. The Kier molecular flexibility index (Phi) is 6.30. The van der Waals surface area contributed by atoms with Gasteiger partial charge in [0.05, 0.1) is 0 Å². The molecule has 0 bridgehead atoms. The van der Waals surface area contributed by atoms with Crippen molar-refractivity contribution in [3.8, 4) is 11.1 Å². The number of aryl methyl sites for hydroxylation is 1. The van der Waals surface area contributed by atoms with Crippen LogP contribution < -0.4 is 5.32 Å².